The molecule has 6 heteroatoms. The topological polar surface area (TPSA) is 68.0 Å². The van der Waals surface area contributed by atoms with Crippen molar-refractivity contribution in [1.82, 2.24) is 10.3 Å². The highest BCUT2D eigenvalue weighted by Crippen LogP contribution is 2.25. The molecule has 17 heavy (non-hydrogen) atoms. The van der Waals surface area contributed by atoms with Crippen LogP contribution in [0.25, 0.3) is 0 Å². The molecule has 0 aliphatic rings. The number of hydrogen-bond donors (Lipinski definition) is 2. The molecule has 1 aromatic heterocycles. The van der Waals surface area contributed by atoms with Gasteiger partial charge in [-0.2, -0.15) is 0 Å². The van der Waals surface area contributed by atoms with E-state index in [1.165, 1.54) is 0 Å². The number of primary amides is 1. The standard InChI is InChI=1S/C11H19N3OS2/c1-4-13-11(3,9(12)15)5-6-16-10-14-8(2)7-17-10/h7,13H,4-6H2,1-3H3,(H2,12,15). The smallest absolute Gasteiger partial charge is 0.237 e. The van der Waals surface area contributed by atoms with Crippen LogP contribution in [-0.2, 0) is 4.79 Å². The SMILES string of the molecule is CCNC(C)(CCSc1nc(C)cs1)C(N)=O. The molecule has 0 aliphatic heterocycles. The van der Waals surface area contributed by atoms with Gasteiger partial charge in [0.1, 0.15) is 4.34 Å². The summed E-state index contributed by atoms with van der Waals surface area (Å²) in [5.74, 6) is 0.537. The second-order valence-corrected chi connectivity index (χ2v) is 6.28. The molecule has 4 nitrogen and oxygen atoms in total. The number of thiazole rings is 1. The maximum Gasteiger partial charge on any atom is 0.237 e. The van der Waals surface area contributed by atoms with Crippen LogP contribution in [0.15, 0.2) is 9.72 Å². The average molecular weight is 273 g/mol. The Morgan fingerprint density at radius 1 is 1.71 bits per heavy atom. The van der Waals surface area contributed by atoms with Crippen LogP contribution in [0.4, 0.5) is 0 Å². The molecule has 1 rings (SSSR count). The zero-order valence-corrected chi connectivity index (χ0v) is 12.1. The molecule has 1 heterocycles. The van der Waals surface area contributed by atoms with E-state index in [9.17, 15) is 4.79 Å². The highest BCUT2D eigenvalue weighted by molar-refractivity contribution is 8.01. The summed E-state index contributed by atoms with van der Waals surface area (Å²) in [4.78, 5) is 15.8. The summed E-state index contributed by atoms with van der Waals surface area (Å²) in [6.45, 7) is 6.54. The number of nitrogens with two attached hydrogens (primary N) is 1. The number of aromatic nitrogens is 1. The average Bonchev–Trinajstić information content (AvgIpc) is 2.64. The first-order valence-corrected chi connectivity index (χ1v) is 7.44. The van der Waals surface area contributed by atoms with E-state index in [-0.39, 0.29) is 5.91 Å². The number of carbonyl (C=O) groups excluding carboxylic acids is 1. The molecule has 0 saturated carbocycles. The van der Waals surface area contributed by atoms with Crippen LogP contribution in [0.1, 0.15) is 26.0 Å². The van der Waals surface area contributed by atoms with Gasteiger partial charge in [0.2, 0.25) is 5.91 Å². The van der Waals surface area contributed by atoms with Crippen molar-refractivity contribution >= 4 is 29.0 Å². The molecule has 0 bridgehead atoms. The Bertz CT molecular complexity index is 381. The normalized spacial score (nSPS) is 14.5. The highest BCUT2D eigenvalue weighted by atomic mass is 32.2. The fraction of sp³-hybridized carbons (Fsp3) is 0.636. The van der Waals surface area contributed by atoms with Gasteiger partial charge in [-0.3, -0.25) is 4.79 Å². The lowest BCUT2D eigenvalue weighted by molar-refractivity contribution is -0.123. The van der Waals surface area contributed by atoms with Crippen molar-refractivity contribution in [1.29, 1.82) is 0 Å². The van der Waals surface area contributed by atoms with E-state index in [0.29, 0.717) is 6.42 Å². The third-order valence-electron chi connectivity index (χ3n) is 2.54. The quantitative estimate of drug-likeness (QED) is 0.743. The van der Waals surface area contributed by atoms with E-state index < -0.39 is 5.54 Å². The van der Waals surface area contributed by atoms with Crippen molar-refractivity contribution in [3.05, 3.63) is 11.1 Å². The Morgan fingerprint density at radius 3 is 2.88 bits per heavy atom. The van der Waals surface area contributed by atoms with Gasteiger partial charge in [0.05, 0.1) is 5.54 Å². The van der Waals surface area contributed by atoms with Crippen molar-refractivity contribution in [3.8, 4) is 0 Å². The molecule has 0 radical (unpaired) electrons. The largest absolute Gasteiger partial charge is 0.368 e. The third-order valence-corrected chi connectivity index (χ3v) is 4.68. The summed E-state index contributed by atoms with van der Waals surface area (Å²) in [6, 6.07) is 0. The predicted molar refractivity (Wildman–Crippen MR) is 73.5 cm³/mol. The molecule has 0 fully saturated rings. The molecule has 1 aromatic rings. The lowest BCUT2D eigenvalue weighted by Crippen LogP contribution is -2.53. The zero-order chi connectivity index (χ0) is 12.9. The highest BCUT2D eigenvalue weighted by Gasteiger charge is 2.29. The fourth-order valence-corrected chi connectivity index (χ4v) is 3.51. The molecule has 1 unspecified atom stereocenters. The van der Waals surface area contributed by atoms with Crippen molar-refractivity contribution < 1.29 is 4.79 Å². The fourth-order valence-electron chi connectivity index (χ4n) is 1.43. The molecule has 1 atom stereocenters. The van der Waals surface area contributed by atoms with Crippen molar-refractivity contribution in [2.45, 2.75) is 37.1 Å². The van der Waals surface area contributed by atoms with Gasteiger partial charge in [0.25, 0.3) is 0 Å². The van der Waals surface area contributed by atoms with Crippen LogP contribution in [0.3, 0.4) is 0 Å². The van der Waals surface area contributed by atoms with Crippen molar-refractivity contribution in [3.63, 3.8) is 0 Å². The van der Waals surface area contributed by atoms with E-state index in [1.807, 2.05) is 26.2 Å². The first kappa shape index (κ1) is 14.5. The Kier molecular flexibility index (Phi) is 5.42. The Labute approximate surface area is 110 Å². The molecule has 0 saturated heterocycles. The molecule has 0 aliphatic carbocycles. The van der Waals surface area contributed by atoms with Crippen LogP contribution >= 0.6 is 23.1 Å². The molecule has 0 aromatic carbocycles. The van der Waals surface area contributed by atoms with Gasteiger partial charge in [-0.25, -0.2) is 4.98 Å². The molecule has 3 N–H and O–H groups in total. The van der Waals surface area contributed by atoms with Crippen LogP contribution < -0.4 is 11.1 Å². The van der Waals surface area contributed by atoms with Crippen molar-refractivity contribution in [2.75, 3.05) is 12.3 Å². The number of aryl methyl sites for hydroxylation is 1. The van der Waals surface area contributed by atoms with Gasteiger partial charge in [-0.05, 0) is 26.8 Å². The molecular weight excluding hydrogens is 254 g/mol. The number of rotatable bonds is 7. The first-order valence-electron chi connectivity index (χ1n) is 5.58. The summed E-state index contributed by atoms with van der Waals surface area (Å²) in [5.41, 5.74) is 5.84. The van der Waals surface area contributed by atoms with E-state index in [2.05, 4.69) is 10.3 Å². The zero-order valence-electron chi connectivity index (χ0n) is 10.4. The van der Waals surface area contributed by atoms with Crippen molar-refractivity contribution in [2.24, 2.45) is 5.73 Å². The second kappa shape index (κ2) is 6.37. The number of amides is 1. The molecule has 0 spiro atoms. The molecular formula is C11H19N3OS2. The summed E-state index contributed by atoms with van der Waals surface area (Å²) in [5, 5.41) is 5.17. The van der Waals surface area contributed by atoms with Gasteiger partial charge < -0.3 is 11.1 Å². The predicted octanol–water partition coefficient (Wildman–Crippen LogP) is 1.79. The van der Waals surface area contributed by atoms with Crippen LogP contribution in [0.2, 0.25) is 0 Å². The van der Waals surface area contributed by atoms with Crippen LogP contribution in [-0.4, -0.2) is 28.7 Å². The van der Waals surface area contributed by atoms with E-state index >= 15 is 0 Å². The van der Waals surface area contributed by atoms with E-state index in [0.717, 1.165) is 22.3 Å². The number of nitrogens with zero attached hydrogens (tertiary/aromatic N) is 1. The van der Waals surface area contributed by atoms with Gasteiger partial charge >= 0.3 is 0 Å². The summed E-state index contributed by atoms with van der Waals surface area (Å²) >= 11 is 3.31. The Hall–Kier alpha value is -0.590. The summed E-state index contributed by atoms with van der Waals surface area (Å²) < 4.78 is 1.05. The van der Waals surface area contributed by atoms with Gasteiger partial charge in [-0.15, -0.1) is 11.3 Å². The van der Waals surface area contributed by atoms with Crippen LogP contribution in [0, 0.1) is 6.92 Å². The summed E-state index contributed by atoms with van der Waals surface area (Å²) in [6.07, 6.45) is 0.708. The second-order valence-electron chi connectivity index (χ2n) is 4.08. The number of nitrogens with one attached hydrogen (secondary N) is 1. The van der Waals surface area contributed by atoms with Crippen LogP contribution in [0.5, 0.6) is 0 Å². The van der Waals surface area contributed by atoms with Gasteiger partial charge in [-0.1, -0.05) is 18.7 Å². The minimum Gasteiger partial charge on any atom is -0.368 e. The molecule has 1 amide bonds. The van der Waals surface area contributed by atoms with E-state index in [1.54, 1.807) is 23.1 Å². The molecule has 96 valence electrons. The van der Waals surface area contributed by atoms with Gasteiger partial charge in [0, 0.05) is 16.8 Å². The maximum atomic E-state index is 11.4. The lowest BCUT2D eigenvalue weighted by atomic mass is 9.98. The Morgan fingerprint density at radius 2 is 2.41 bits per heavy atom. The number of hydrogen-bond acceptors (Lipinski definition) is 5. The summed E-state index contributed by atoms with van der Waals surface area (Å²) in [7, 11) is 0. The monoisotopic (exact) mass is 273 g/mol. The maximum absolute atomic E-state index is 11.4. The number of thioether (sulfide) groups is 1. The first-order chi connectivity index (χ1) is 7.98. The minimum absolute atomic E-state index is 0.296. The van der Waals surface area contributed by atoms with Gasteiger partial charge in [0.15, 0.2) is 0 Å². The number of likely N-dealkylation sites (N-methyl/N-ethyl adjacent to an activating group) is 1. The Balaban J connectivity index is 2.45. The lowest BCUT2D eigenvalue weighted by Gasteiger charge is -2.26. The minimum atomic E-state index is -0.617. The third kappa shape index (κ3) is 4.29. The van der Waals surface area contributed by atoms with E-state index in [4.69, 9.17) is 5.73 Å². The number of carbonyl (C=O) groups is 1.